The number of rotatable bonds is 11. The minimum atomic E-state index is -0.325. The monoisotopic (exact) mass is 571 g/mol. The van der Waals surface area contributed by atoms with Gasteiger partial charge in [-0.2, -0.15) is 19.6 Å². The molecule has 2 N–H and O–H groups in total. The Hall–Kier alpha value is -3.45. The summed E-state index contributed by atoms with van der Waals surface area (Å²) in [5, 5.41) is 17.6. The maximum atomic E-state index is 12.9. The Morgan fingerprint density at radius 1 is 1.17 bits per heavy atom. The van der Waals surface area contributed by atoms with Crippen molar-refractivity contribution in [3.8, 4) is 0 Å². The van der Waals surface area contributed by atoms with Crippen LogP contribution in [0.2, 0.25) is 0 Å². The first-order chi connectivity index (χ1) is 19.7. The van der Waals surface area contributed by atoms with Crippen molar-refractivity contribution >= 4 is 29.5 Å². The molecule has 2 fully saturated rings. The van der Waals surface area contributed by atoms with Gasteiger partial charge >= 0.3 is 6.09 Å². The van der Waals surface area contributed by atoms with Crippen molar-refractivity contribution in [3.05, 3.63) is 23.9 Å². The van der Waals surface area contributed by atoms with E-state index in [1.807, 2.05) is 43.1 Å². The summed E-state index contributed by atoms with van der Waals surface area (Å²) in [5.74, 6) is 1.35. The van der Waals surface area contributed by atoms with Crippen LogP contribution in [0.4, 0.5) is 16.7 Å². The van der Waals surface area contributed by atoms with Crippen LogP contribution in [0.25, 0.3) is 5.65 Å². The zero-order valence-electron chi connectivity index (χ0n) is 25.0. The third kappa shape index (κ3) is 7.64. The summed E-state index contributed by atoms with van der Waals surface area (Å²) in [6.07, 6.45) is 6.77. The maximum Gasteiger partial charge on any atom is 0.410 e. The van der Waals surface area contributed by atoms with Gasteiger partial charge in [0, 0.05) is 63.4 Å². The second-order valence-electron chi connectivity index (χ2n) is 11.3. The Labute approximate surface area is 242 Å². The average Bonchev–Trinajstić information content (AvgIpc) is 3.59. The van der Waals surface area contributed by atoms with E-state index >= 15 is 0 Å². The lowest BCUT2D eigenvalue weighted by Gasteiger charge is -2.32. The molecule has 4 rings (SSSR count). The van der Waals surface area contributed by atoms with Crippen LogP contribution >= 0.6 is 0 Å². The van der Waals surface area contributed by atoms with Crippen molar-refractivity contribution in [1.29, 1.82) is 0 Å². The Morgan fingerprint density at radius 2 is 1.90 bits per heavy atom. The fourth-order valence-corrected chi connectivity index (χ4v) is 5.15. The number of nitrogens with zero attached hydrogens (tertiary/aromatic N) is 8. The van der Waals surface area contributed by atoms with E-state index in [9.17, 15) is 14.7 Å². The number of anilines is 2. The van der Waals surface area contributed by atoms with Gasteiger partial charge in [0.05, 0.1) is 19.3 Å². The van der Waals surface area contributed by atoms with E-state index in [1.54, 1.807) is 20.4 Å². The molecule has 41 heavy (non-hydrogen) atoms. The van der Waals surface area contributed by atoms with E-state index in [2.05, 4.69) is 24.3 Å². The summed E-state index contributed by atoms with van der Waals surface area (Å²) in [5.41, 5.74) is 1.79. The number of piperidine rings is 1. The lowest BCUT2D eigenvalue weighted by atomic mass is 10.1. The number of carbonyl (C=O) groups excluding carboxylic acids is 2. The molecule has 0 bridgehead atoms. The number of fused-ring (bicyclic) bond motifs is 1. The number of hydrogen-bond donors (Lipinski definition) is 2. The first-order valence-corrected chi connectivity index (χ1v) is 14.6. The van der Waals surface area contributed by atoms with Gasteiger partial charge in [0.25, 0.3) is 0 Å². The molecule has 0 aliphatic carbocycles. The summed E-state index contributed by atoms with van der Waals surface area (Å²) in [6, 6.07) is 0.0955. The standard InChI is InChI=1S/C28H45N9O4/c1-6-34(16-17-38)26-31-25-23(20(2)3)18-29-37(25)27(32-26)30-21-9-13-35(14-10-21)28(40)41-22-11-15-36(19-22)24(39)8-7-12-33(4)5/h7-8,18,20-22,38H,6,9-17,19H2,1-5H3,(H,30,31,32)/b8-7+/t22-/m0/s1. The first-order valence-electron chi connectivity index (χ1n) is 14.6. The fourth-order valence-electron chi connectivity index (χ4n) is 5.15. The number of carbonyl (C=O) groups is 2. The molecule has 2 aliphatic rings. The number of aliphatic hydroxyl groups excluding tert-OH is 1. The van der Waals surface area contributed by atoms with Gasteiger partial charge in [-0.05, 0) is 39.8 Å². The molecule has 2 saturated heterocycles. The van der Waals surface area contributed by atoms with Crippen molar-refractivity contribution in [1.82, 2.24) is 34.3 Å². The molecule has 2 aromatic rings. The predicted octanol–water partition coefficient (Wildman–Crippen LogP) is 1.80. The van der Waals surface area contributed by atoms with E-state index in [1.165, 1.54) is 0 Å². The molecule has 2 aromatic heterocycles. The SMILES string of the molecule is CCN(CCO)c1nc(NC2CCN(C(=O)O[C@H]3CCN(C(=O)/C=C/CN(C)C)C3)CC2)n2ncc(C(C)C)c2n1. The van der Waals surface area contributed by atoms with Gasteiger partial charge in [-0.15, -0.1) is 0 Å². The number of nitrogens with one attached hydrogen (secondary N) is 1. The molecule has 0 saturated carbocycles. The van der Waals surface area contributed by atoms with Gasteiger partial charge in [0.2, 0.25) is 17.8 Å². The van der Waals surface area contributed by atoms with Crippen LogP contribution < -0.4 is 10.2 Å². The number of aromatic nitrogens is 4. The van der Waals surface area contributed by atoms with Crippen LogP contribution in [0.5, 0.6) is 0 Å². The highest BCUT2D eigenvalue weighted by molar-refractivity contribution is 5.87. The van der Waals surface area contributed by atoms with Gasteiger partial charge in [-0.3, -0.25) is 4.79 Å². The summed E-state index contributed by atoms with van der Waals surface area (Å²) in [6.45, 7) is 10.2. The number of hydrogen-bond acceptors (Lipinski definition) is 10. The van der Waals surface area contributed by atoms with Crippen LogP contribution in [-0.4, -0.2) is 130 Å². The lowest BCUT2D eigenvalue weighted by molar-refractivity contribution is -0.125. The Bertz CT molecular complexity index is 1210. The lowest BCUT2D eigenvalue weighted by Crippen LogP contribution is -2.44. The summed E-state index contributed by atoms with van der Waals surface area (Å²) >= 11 is 0. The van der Waals surface area contributed by atoms with Crippen molar-refractivity contribution in [2.24, 2.45) is 0 Å². The van der Waals surface area contributed by atoms with Crippen LogP contribution in [0.1, 0.15) is 51.5 Å². The largest absolute Gasteiger partial charge is 0.444 e. The van der Waals surface area contributed by atoms with Crippen LogP contribution in [0.15, 0.2) is 18.3 Å². The number of ether oxygens (including phenoxy) is 1. The molecular weight excluding hydrogens is 526 g/mol. The summed E-state index contributed by atoms with van der Waals surface area (Å²) in [7, 11) is 3.90. The highest BCUT2D eigenvalue weighted by Gasteiger charge is 2.31. The van der Waals surface area contributed by atoms with E-state index in [-0.39, 0.29) is 36.7 Å². The summed E-state index contributed by atoms with van der Waals surface area (Å²) < 4.78 is 7.51. The minimum absolute atomic E-state index is 0.0129. The number of likely N-dealkylation sites (N-methyl/N-ethyl adjacent to an activating group) is 2. The molecule has 4 heterocycles. The van der Waals surface area contributed by atoms with Crippen LogP contribution in [0.3, 0.4) is 0 Å². The Kier molecular flexibility index (Phi) is 10.4. The molecule has 13 heteroatoms. The van der Waals surface area contributed by atoms with Gasteiger partial charge in [-0.1, -0.05) is 19.9 Å². The van der Waals surface area contributed by atoms with E-state index in [0.717, 1.165) is 24.1 Å². The van der Waals surface area contributed by atoms with Crippen molar-refractivity contribution in [3.63, 3.8) is 0 Å². The van der Waals surface area contributed by atoms with Gasteiger partial charge in [-0.25, -0.2) is 4.79 Å². The van der Waals surface area contributed by atoms with Crippen molar-refractivity contribution < 1.29 is 19.4 Å². The van der Waals surface area contributed by atoms with Crippen molar-refractivity contribution in [2.75, 3.05) is 76.7 Å². The second-order valence-corrected chi connectivity index (χ2v) is 11.3. The molecule has 0 unspecified atom stereocenters. The smallest absolute Gasteiger partial charge is 0.410 e. The molecule has 2 amide bonds. The highest BCUT2D eigenvalue weighted by atomic mass is 16.6. The molecule has 2 aliphatic heterocycles. The minimum Gasteiger partial charge on any atom is -0.444 e. The Morgan fingerprint density at radius 3 is 2.56 bits per heavy atom. The summed E-state index contributed by atoms with van der Waals surface area (Å²) in [4.78, 5) is 42.3. The second kappa shape index (κ2) is 13.9. The molecule has 0 spiro atoms. The average molecular weight is 572 g/mol. The molecular formula is C28H45N9O4. The Balaban J connectivity index is 1.34. The van der Waals surface area contributed by atoms with Crippen LogP contribution in [-0.2, 0) is 9.53 Å². The van der Waals surface area contributed by atoms with Crippen molar-refractivity contribution in [2.45, 2.75) is 58.1 Å². The normalized spacial score (nSPS) is 18.3. The third-order valence-corrected chi connectivity index (χ3v) is 7.58. The fraction of sp³-hybridized carbons (Fsp3) is 0.679. The van der Waals surface area contributed by atoms with Gasteiger partial charge in [0.1, 0.15) is 6.10 Å². The topological polar surface area (TPSA) is 132 Å². The first kappa shape index (κ1) is 30.5. The molecule has 0 aromatic carbocycles. The third-order valence-electron chi connectivity index (χ3n) is 7.58. The highest BCUT2D eigenvalue weighted by Crippen LogP contribution is 2.25. The zero-order valence-corrected chi connectivity index (χ0v) is 25.0. The number of aliphatic hydroxyl groups is 1. The molecule has 1 atom stereocenters. The van der Waals surface area contributed by atoms with E-state index in [0.29, 0.717) is 64.1 Å². The zero-order chi connectivity index (χ0) is 29.5. The number of amides is 2. The van der Waals surface area contributed by atoms with Crippen LogP contribution in [0, 0.1) is 0 Å². The molecule has 0 radical (unpaired) electrons. The van der Waals surface area contributed by atoms with Gasteiger partial charge < -0.3 is 34.8 Å². The quantitative estimate of drug-likeness (QED) is 0.385. The molecule has 226 valence electrons. The predicted molar refractivity (Wildman–Crippen MR) is 157 cm³/mol. The maximum absolute atomic E-state index is 12.9. The molecule has 13 nitrogen and oxygen atoms in total. The number of likely N-dealkylation sites (tertiary alicyclic amines) is 2. The van der Waals surface area contributed by atoms with Gasteiger partial charge in [0.15, 0.2) is 5.65 Å². The van der Waals surface area contributed by atoms with E-state index < -0.39 is 0 Å². The van der Waals surface area contributed by atoms with E-state index in [4.69, 9.17) is 14.7 Å².